The molecule has 3 aromatic rings. The number of aromatic nitrogens is 2. The van der Waals surface area contributed by atoms with Crippen LogP contribution in [-0.4, -0.2) is 47.9 Å². The van der Waals surface area contributed by atoms with Crippen molar-refractivity contribution >= 4 is 15.8 Å². The summed E-state index contributed by atoms with van der Waals surface area (Å²) < 4.78 is 43.9. The Hall–Kier alpha value is -2.88. The maximum atomic E-state index is 15.0. The molecule has 0 aliphatic carbocycles. The molecule has 2 aromatic carbocycles. The van der Waals surface area contributed by atoms with Gasteiger partial charge in [0.2, 0.25) is 10.0 Å². The van der Waals surface area contributed by atoms with Gasteiger partial charge < -0.3 is 11.1 Å². The zero-order valence-corrected chi connectivity index (χ0v) is 18.8. The molecule has 0 bridgehead atoms. The van der Waals surface area contributed by atoms with Gasteiger partial charge in [-0.3, -0.25) is 4.98 Å². The van der Waals surface area contributed by atoms with Crippen LogP contribution in [0, 0.1) is 5.82 Å². The summed E-state index contributed by atoms with van der Waals surface area (Å²) in [4.78, 5) is 8.25. The van der Waals surface area contributed by atoms with Crippen LogP contribution in [0.15, 0.2) is 59.8 Å². The summed E-state index contributed by atoms with van der Waals surface area (Å²) in [5, 5.41) is 3.34. The summed E-state index contributed by atoms with van der Waals surface area (Å²) in [5.74, 6) is -0.270. The van der Waals surface area contributed by atoms with Crippen LogP contribution in [0.2, 0.25) is 0 Å². The first-order valence-electron chi connectivity index (χ1n) is 10.5. The number of anilines is 1. The number of nitrogens with zero attached hydrogens (tertiary/aromatic N) is 3. The fourth-order valence-electron chi connectivity index (χ4n) is 3.99. The van der Waals surface area contributed by atoms with E-state index >= 15 is 4.39 Å². The number of nitrogen functional groups attached to an aromatic ring is 1. The number of sulfonamides is 1. The van der Waals surface area contributed by atoms with Crippen molar-refractivity contribution in [2.45, 2.75) is 37.2 Å². The molecule has 2 unspecified atom stereocenters. The van der Waals surface area contributed by atoms with Crippen molar-refractivity contribution in [2.75, 3.05) is 18.8 Å². The minimum Gasteiger partial charge on any atom is -0.382 e. The molecule has 2 heterocycles. The molecule has 1 aliphatic rings. The highest BCUT2D eigenvalue weighted by atomic mass is 32.2. The highest BCUT2D eigenvalue weighted by molar-refractivity contribution is 7.89. The molecule has 168 valence electrons. The minimum absolute atomic E-state index is 0.0532. The van der Waals surface area contributed by atoms with E-state index in [9.17, 15) is 8.42 Å². The van der Waals surface area contributed by atoms with Crippen molar-refractivity contribution < 1.29 is 12.8 Å². The van der Waals surface area contributed by atoms with Gasteiger partial charge in [-0.25, -0.2) is 17.8 Å². The van der Waals surface area contributed by atoms with E-state index in [0.717, 1.165) is 0 Å². The van der Waals surface area contributed by atoms with Crippen molar-refractivity contribution in [1.82, 2.24) is 19.6 Å². The highest BCUT2D eigenvalue weighted by Crippen LogP contribution is 2.33. The van der Waals surface area contributed by atoms with Crippen LogP contribution in [-0.2, 0) is 10.0 Å². The van der Waals surface area contributed by atoms with Gasteiger partial charge in [0.15, 0.2) is 0 Å². The first-order chi connectivity index (χ1) is 15.3. The second-order valence-corrected chi connectivity index (χ2v) is 9.82. The number of benzene rings is 2. The summed E-state index contributed by atoms with van der Waals surface area (Å²) >= 11 is 0. The fourth-order valence-corrected chi connectivity index (χ4v) is 5.99. The van der Waals surface area contributed by atoms with E-state index < -0.39 is 15.8 Å². The van der Waals surface area contributed by atoms with E-state index in [1.165, 1.54) is 18.5 Å². The Morgan fingerprint density at radius 1 is 1.16 bits per heavy atom. The van der Waals surface area contributed by atoms with E-state index in [-0.39, 0.29) is 28.4 Å². The molecule has 4 rings (SSSR count). The quantitative estimate of drug-likeness (QED) is 0.612. The number of rotatable bonds is 5. The van der Waals surface area contributed by atoms with Gasteiger partial charge in [-0.05, 0) is 37.1 Å². The van der Waals surface area contributed by atoms with Crippen molar-refractivity contribution in [3.63, 3.8) is 0 Å². The van der Waals surface area contributed by atoms with Crippen LogP contribution in [0.1, 0.15) is 20.3 Å². The van der Waals surface area contributed by atoms with Gasteiger partial charge in [-0.15, -0.1) is 0 Å². The lowest BCUT2D eigenvalue weighted by molar-refractivity contribution is 0.226. The SMILES string of the molecule is CCC1CNC(C)CN1S(=O)(=O)c1ccccc1-c1ccc(-c2cnc(N)cn2)c(F)c1. The standard InChI is InChI=1S/C23H26FN5O2S/c1-3-17-11-26-15(2)14-29(17)32(30,31)22-7-5-4-6-18(22)16-8-9-19(20(24)10-16)21-12-28-23(25)13-27-21/h4-10,12-13,15,17,26H,3,11,14H2,1-2H3,(H2,25,28). The Balaban J connectivity index is 1.75. The van der Waals surface area contributed by atoms with Crippen molar-refractivity contribution in [3.8, 4) is 22.4 Å². The van der Waals surface area contributed by atoms with Gasteiger partial charge in [0, 0.05) is 36.3 Å². The number of piperazine rings is 1. The summed E-state index contributed by atoms with van der Waals surface area (Å²) in [6, 6.07) is 11.3. The molecule has 1 fully saturated rings. The molecule has 0 radical (unpaired) electrons. The molecule has 32 heavy (non-hydrogen) atoms. The number of nitrogens with two attached hydrogens (primary N) is 1. The highest BCUT2D eigenvalue weighted by Gasteiger charge is 2.36. The molecule has 3 N–H and O–H groups in total. The number of halogens is 1. The van der Waals surface area contributed by atoms with Crippen LogP contribution >= 0.6 is 0 Å². The minimum atomic E-state index is -3.78. The molecule has 2 atom stereocenters. The maximum absolute atomic E-state index is 15.0. The monoisotopic (exact) mass is 455 g/mol. The molecule has 1 saturated heterocycles. The number of nitrogens with one attached hydrogen (secondary N) is 1. The van der Waals surface area contributed by atoms with Crippen LogP contribution in [0.3, 0.4) is 0 Å². The lowest BCUT2D eigenvalue weighted by Crippen LogP contribution is -2.57. The molecular formula is C23H26FN5O2S. The van der Waals surface area contributed by atoms with E-state index in [1.54, 1.807) is 40.7 Å². The third kappa shape index (κ3) is 4.23. The van der Waals surface area contributed by atoms with Crippen LogP contribution in [0.4, 0.5) is 10.2 Å². The topological polar surface area (TPSA) is 101 Å². The second kappa shape index (κ2) is 8.93. The van der Waals surface area contributed by atoms with Crippen LogP contribution in [0.25, 0.3) is 22.4 Å². The van der Waals surface area contributed by atoms with Crippen molar-refractivity contribution in [3.05, 3.63) is 60.7 Å². The average Bonchev–Trinajstić information content (AvgIpc) is 2.79. The Morgan fingerprint density at radius 3 is 2.62 bits per heavy atom. The zero-order chi connectivity index (χ0) is 22.9. The lowest BCUT2D eigenvalue weighted by Gasteiger charge is -2.38. The maximum Gasteiger partial charge on any atom is 0.244 e. The predicted molar refractivity (Wildman–Crippen MR) is 123 cm³/mol. The summed E-state index contributed by atoms with van der Waals surface area (Å²) in [5.41, 5.74) is 7.11. The van der Waals surface area contributed by atoms with E-state index in [4.69, 9.17) is 5.73 Å². The molecule has 0 saturated carbocycles. The molecule has 0 amide bonds. The van der Waals surface area contributed by atoms with Gasteiger partial charge >= 0.3 is 0 Å². The largest absolute Gasteiger partial charge is 0.382 e. The Bertz CT molecular complexity index is 1220. The summed E-state index contributed by atoms with van der Waals surface area (Å²) in [6.45, 7) is 4.93. The Labute approximate surface area is 187 Å². The fraction of sp³-hybridized carbons (Fsp3) is 0.304. The first kappa shape index (κ1) is 22.3. The van der Waals surface area contributed by atoms with Gasteiger partial charge in [0.05, 0.1) is 23.0 Å². The van der Waals surface area contributed by atoms with Gasteiger partial charge in [0.1, 0.15) is 11.6 Å². The van der Waals surface area contributed by atoms with Gasteiger partial charge in [-0.2, -0.15) is 4.31 Å². The first-order valence-corrected chi connectivity index (χ1v) is 12.0. The third-order valence-corrected chi connectivity index (χ3v) is 7.71. The summed E-state index contributed by atoms with van der Waals surface area (Å²) in [7, 11) is -3.78. The number of hydrogen-bond donors (Lipinski definition) is 2. The van der Waals surface area contributed by atoms with Crippen LogP contribution < -0.4 is 11.1 Å². The molecule has 1 aliphatic heterocycles. The summed E-state index contributed by atoms with van der Waals surface area (Å²) in [6.07, 6.45) is 3.47. The van der Waals surface area contributed by atoms with Crippen molar-refractivity contribution in [1.29, 1.82) is 0 Å². The lowest BCUT2D eigenvalue weighted by atomic mass is 10.0. The average molecular weight is 456 g/mol. The van der Waals surface area contributed by atoms with Gasteiger partial charge in [-0.1, -0.05) is 31.2 Å². The molecule has 7 nitrogen and oxygen atoms in total. The van der Waals surface area contributed by atoms with Crippen molar-refractivity contribution in [2.24, 2.45) is 0 Å². The molecular weight excluding hydrogens is 429 g/mol. The van der Waals surface area contributed by atoms with E-state index in [1.807, 2.05) is 13.8 Å². The van der Waals surface area contributed by atoms with E-state index in [0.29, 0.717) is 36.3 Å². The Morgan fingerprint density at radius 2 is 1.94 bits per heavy atom. The normalized spacial score (nSPS) is 19.7. The Kier molecular flexibility index (Phi) is 6.23. The number of hydrogen-bond acceptors (Lipinski definition) is 6. The molecule has 0 spiro atoms. The predicted octanol–water partition coefficient (Wildman–Crippen LogP) is 3.29. The van der Waals surface area contributed by atoms with Crippen LogP contribution in [0.5, 0.6) is 0 Å². The van der Waals surface area contributed by atoms with Gasteiger partial charge in [0.25, 0.3) is 0 Å². The van der Waals surface area contributed by atoms with E-state index in [2.05, 4.69) is 15.3 Å². The second-order valence-electron chi connectivity index (χ2n) is 7.96. The zero-order valence-electron chi connectivity index (χ0n) is 18.0. The molecule has 9 heteroatoms. The smallest absolute Gasteiger partial charge is 0.244 e. The molecule has 1 aromatic heterocycles. The third-order valence-electron chi connectivity index (χ3n) is 5.74.